The molecule has 0 aromatic rings. The van der Waals surface area contributed by atoms with Crippen molar-refractivity contribution in [2.45, 2.75) is 97.8 Å². The second kappa shape index (κ2) is 9.87. The molecule has 0 bridgehead atoms. The van der Waals surface area contributed by atoms with Crippen molar-refractivity contribution >= 4 is 0 Å². The molecule has 0 heterocycles. The highest BCUT2D eigenvalue weighted by atomic mass is 14.3. The molecule has 1 saturated carbocycles. The quantitative estimate of drug-likeness (QED) is 0.468. The molecule has 0 amide bonds. The van der Waals surface area contributed by atoms with Gasteiger partial charge in [-0.05, 0) is 24.2 Å². The lowest BCUT2D eigenvalue weighted by Gasteiger charge is -2.26. The average molecular weight is 252 g/mol. The fraction of sp³-hybridized carbons (Fsp3) is 1.00. The summed E-state index contributed by atoms with van der Waals surface area (Å²) in [6.07, 6.45) is 17.7. The molecule has 0 spiro atoms. The predicted molar refractivity (Wildman–Crippen MR) is 82.9 cm³/mol. The zero-order valence-electron chi connectivity index (χ0n) is 13.2. The van der Waals surface area contributed by atoms with Gasteiger partial charge in [-0.1, -0.05) is 91.4 Å². The van der Waals surface area contributed by atoms with Crippen molar-refractivity contribution in [1.29, 1.82) is 0 Å². The van der Waals surface area contributed by atoms with E-state index in [9.17, 15) is 0 Å². The molecule has 0 aromatic carbocycles. The van der Waals surface area contributed by atoms with Crippen molar-refractivity contribution in [3.05, 3.63) is 0 Å². The third-order valence-corrected chi connectivity index (χ3v) is 5.33. The van der Waals surface area contributed by atoms with Crippen LogP contribution < -0.4 is 0 Å². The molecule has 18 heavy (non-hydrogen) atoms. The Kier molecular flexibility index (Phi) is 8.80. The van der Waals surface area contributed by atoms with E-state index in [4.69, 9.17) is 0 Å². The summed E-state index contributed by atoms with van der Waals surface area (Å²) in [5.41, 5.74) is 0. The van der Waals surface area contributed by atoms with Gasteiger partial charge in [0.15, 0.2) is 0 Å². The maximum Gasteiger partial charge on any atom is -0.0386 e. The molecule has 108 valence electrons. The van der Waals surface area contributed by atoms with Crippen molar-refractivity contribution in [2.75, 3.05) is 0 Å². The summed E-state index contributed by atoms with van der Waals surface area (Å²) in [6.45, 7) is 7.15. The van der Waals surface area contributed by atoms with Gasteiger partial charge in [0.25, 0.3) is 0 Å². The lowest BCUT2D eigenvalue weighted by molar-refractivity contribution is 0.251. The molecule has 1 aliphatic carbocycles. The van der Waals surface area contributed by atoms with Gasteiger partial charge < -0.3 is 0 Å². The van der Waals surface area contributed by atoms with E-state index in [0.29, 0.717) is 0 Å². The van der Waals surface area contributed by atoms with E-state index in [1.807, 2.05) is 0 Å². The largest absolute Gasteiger partial charge is 0.0654 e. The molecule has 1 fully saturated rings. The Bertz CT molecular complexity index is 184. The minimum absolute atomic E-state index is 1.04. The molecule has 0 radical (unpaired) electrons. The van der Waals surface area contributed by atoms with Gasteiger partial charge in [-0.15, -0.1) is 0 Å². The topological polar surface area (TPSA) is 0 Å². The maximum absolute atomic E-state index is 2.42. The average Bonchev–Trinajstić information content (AvgIpc) is 2.49. The van der Waals surface area contributed by atoms with Crippen LogP contribution in [0.15, 0.2) is 0 Å². The van der Waals surface area contributed by atoms with E-state index in [1.54, 1.807) is 0 Å². The first-order valence-corrected chi connectivity index (χ1v) is 8.81. The Hall–Kier alpha value is 0. The second-order valence-electron chi connectivity index (χ2n) is 6.56. The Balaban J connectivity index is 2.48. The van der Waals surface area contributed by atoms with E-state index in [1.165, 1.54) is 77.0 Å². The molecule has 3 unspecified atom stereocenters. The zero-order valence-corrected chi connectivity index (χ0v) is 13.2. The highest BCUT2D eigenvalue weighted by Crippen LogP contribution is 2.35. The molecular formula is C18H36. The first-order chi connectivity index (χ1) is 8.81. The fourth-order valence-electron chi connectivity index (χ4n) is 3.89. The minimum Gasteiger partial charge on any atom is -0.0654 e. The molecule has 0 saturated heterocycles. The molecule has 3 atom stereocenters. The summed E-state index contributed by atoms with van der Waals surface area (Å²) in [4.78, 5) is 0. The van der Waals surface area contributed by atoms with Crippen LogP contribution >= 0.6 is 0 Å². The van der Waals surface area contributed by atoms with Crippen LogP contribution in [0.25, 0.3) is 0 Å². The third kappa shape index (κ3) is 5.76. The number of hydrogen-bond donors (Lipinski definition) is 0. The number of rotatable bonds is 6. The van der Waals surface area contributed by atoms with Crippen LogP contribution in [0.4, 0.5) is 0 Å². The molecule has 0 aliphatic heterocycles. The summed E-state index contributed by atoms with van der Waals surface area (Å²) in [5, 5.41) is 0. The van der Waals surface area contributed by atoms with E-state index in [2.05, 4.69) is 20.8 Å². The Morgan fingerprint density at radius 2 is 1.50 bits per heavy atom. The van der Waals surface area contributed by atoms with Crippen LogP contribution in [0, 0.1) is 17.8 Å². The third-order valence-electron chi connectivity index (χ3n) is 5.33. The number of hydrogen-bond acceptors (Lipinski definition) is 0. The molecular weight excluding hydrogens is 216 g/mol. The van der Waals surface area contributed by atoms with Crippen LogP contribution in [0.5, 0.6) is 0 Å². The van der Waals surface area contributed by atoms with E-state index < -0.39 is 0 Å². The zero-order chi connectivity index (χ0) is 13.2. The van der Waals surface area contributed by atoms with Crippen LogP contribution in [0.1, 0.15) is 97.8 Å². The summed E-state index contributed by atoms with van der Waals surface area (Å²) >= 11 is 0. The van der Waals surface area contributed by atoms with Crippen molar-refractivity contribution in [3.63, 3.8) is 0 Å². The van der Waals surface area contributed by atoms with Crippen LogP contribution in [0.2, 0.25) is 0 Å². The first-order valence-electron chi connectivity index (χ1n) is 8.81. The highest BCUT2D eigenvalue weighted by molar-refractivity contribution is 4.74. The summed E-state index contributed by atoms with van der Waals surface area (Å²) < 4.78 is 0. The van der Waals surface area contributed by atoms with Gasteiger partial charge in [-0.2, -0.15) is 0 Å². The molecule has 0 heteroatoms. The first kappa shape index (κ1) is 16.1. The van der Waals surface area contributed by atoms with Crippen molar-refractivity contribution < 1.29 is 0 Å². The van der Waals surface area contributed by atoms with Crippen molar-refractivity contribution in [1.82, 2.24) is 0 Å². The second-order valence-corrected chi connectivity index (χ2v) is 6.56. The van der Waals surface area contributed by atoms with E-state index in [-0.39, 0.29) is 0 Å². The van der Waals surface area contributed by atoms with Gasteiger partial charge in [0.05, 0.1) is 0 Å². The van der Waals surface area contributed by atoms with Gasteiger partial charge in [0.2, 0.25) is 0 Å². The SMILES string of the molecule is CCCCCC1CCC(CC)CCCCC1CC. The molecule has 0 aromatic heterocycles. The lowest BCUT2D eigenvalue weighted by atomic mass is 9.79. The molecule has 1 aliphatic rings. The predicted octanol–water partition coefficient (Wildman–Crippen LogP) is 6.59. The minimum atomic E-state index is 1.04. The maximum atomic E-state index is 2.42. The lowest BCUT2D eigenvalue weighted by Crippen LogP contribution is -2.15. The fourth-order valence-corrected chi connectivity index (χ4v) is 3.89. The van der Waals surface area contributed by atoms with E-state index >= 15 is 0 Å². The van der Waals surface area contributed by atoms with Gasteiger partial charge >= 0.3 is 0 Å². The van der Waals surface area contributed by atoms with Gasteiger partial charge in [-0.3, -0.25) is 0 Å². The summed E-state index contributed by atoms with van der Waals surface area (Å²) in [6, 6.07) is 0. The monoisotopic (exact) mass is 252 g/mol. The highest BCUT2D eigenvalue weighted by Gasteiger charge is 2.22. The van der Waals surface area contributed by atoms with Crippen LogP contribution in [-0.4, -0.2) is 0 Å². The Labute approximate surface area is 116 Å². The standard InChI is InChI=1S/C18H36/c1-4-7-8-13-18-15-14-16(5-2)11-9-10-12-17(18)6-3/h16-18H,4-15H2,1-3H3. The van der Waals surface area contributed by atoms with Gasteiger partial charge in [0.1, 0.15) is 0 Å². The van der Waals surface area contributed by atoms with Gasteiger partial charge in [0, 0.05) is 0 Å². The number of unbranched alkanes of at least 4 members (excludes halogenated alkanes) is 2. The molecule has 0 N–H and O–H groups in total. The Morgan fingerprint density at radius 3 is 2.17 bits per heavy atom. The normalized spacial score (nSPS) is 30.5. The molecule has 0 nitrogen and oxygen atoms in total. The van der Waals surface area contributed by atoms with Gasteiger partial charge in [-0.25, -0.2) is 0 Å². The summed E-state index contributed by atoms with van der Waals surface area (Å²) in [5.74, 6) is 3.13. The Morgan fingerprint density at radius 1 is 0.722 bits per heavy atom. The van der Waals surface area contributed by atoms with Crippen molar-refractivity contribution in [3.8, 4) is 0 Å². The van der Waals surface area contributed by atoms with Crippen LogP contribution in [0.3, 0.4) is 0 Å². The smallest absolute Gasteiger partial charge is 0.0386 e. The summed E-state index contributed by atoms with van der Waals surface area (Å²) in [7, 11) is 0. The van der Waals surface area contributed by atoms with E-state index in [0.717, 1.165) is 17.8 Å². The molecule has 1 rings (SSSR count). The van der Waals surface area contributed by atoms with Crippen LogP contribution in [-0.2, 0) is 0 Å². The van der Waals surface area contributed by atoms with Crippen molar-refractivity contribution in [2.24, 2.45) is 17.8 Å².